The molecule has 2 N–H and O–H groups in total. The molecule has 1 fully saturated rings. The van der Waals surface area contributed by atoms with Gasteiger partial charge in [0.15, 0.2) is 23.3 Å². The van der Waals surface area contributed by atoms with Crippen molar-refractivity contribution in [3.05, 3.63) is 70.9 Å². The molecule has 192 valence electrons. The average molecular weight is 507 g/mol. The summed E-state index contributed by atoms with van der Waals surface area (Å²) >= 11 is 0. The summed E-state index contributed by atoms with van der Waals surface area (Å²) < 4.78 is 41.6. The lowest BCUT2D eigenvalue weighted by Gasteiger charge is -2.39. The van der Waals surface area contributed by atoms with E-state index in [-0.39, 0.29) is 5.41 Å². The highest BCUT2D eigenvalue weighted by Gasteiger charge is 2.32. The Kier molecular flexibility index (Phi) is 5.90. The summed E-state index contributed by atoms with van der Waals surface area (Å²) in [7, 11) is 0. The van der Waals surface area contributed by atoms with Crippen LogP contribution in [-0.4, -0.2) is 42.0 Å². The highest BCUT2D eigenvalue weighted by atomic mass is 19.2. The van der Waals surface area contributed by atoms with Crippen molar-refractivity contribution in [3.8, 4) is 11.1 Å². The predicted molar refractivity (Wildman–Crippen MR) is 138 cm³/mol. The van der Waals surface area contributed by atoms with Crippen molar-refractivity contribution in [1.29, 1.82) is 0 Å². The van der Waals surface area contributed by atoms with Gasteiger partial charge in [0.2, 0.25) is 0 Å². The number of fused-ring (bicyclic) bond motifs is 2. The van der Waals surface area contributed by atoms with Crippen LogP contribution in [0.1, 0.15) is 43.1 Å². The maximum absolute atomic E-state index is 14.0. The molecule has 4 heterocycles. The van der Waals surface area contributed by atoms with E-state index in [0.717, 1.165) is 91.7 Å². The van der Waals surface area contributed by atoms with Crippen molar-refractivity contribution >= 4 is 17.3 Å². The molecule has 3 aliphatic heterocycles. The van der Waals surface area contributed by atoms with Crippen LogP contribution in [-0.2, 0) is 13.0 Å². The molecule has 2 aromatic carbocycles. The first-order chi connectivity index (χ1) is 17.9. The number of piperidine rings is 1. The zero-order valence-corrected chi connectivity index (χ0v) is 20.8. The third-order valence-electron chi connectivity index (χ3n) is 8.01. The van der Waals surface area contributed by atoms with Crippen LogP contribution in [0.5, 0.6) is 0 Å². The van der Waals surface area contributed by atoms with Gasteiger partial charge in [0.25, 0.3) is 0 Å². The molecular weight excluding hydrogens is 477 g/mol. The van der Waals surface area contributed by atoms with Crippen molar-refractivity contribution < 1.29 is 13.2 Å². The average Bonchev–Trinajstić information content (AvgIpc) is 3.34. The van der Waals surface area contributed by atoms with E-state index in [1.54, 1.807) is 0 Å². The number of anilines is 2. The van der Waals surface area contributed by atoms with Gasteiger partial charge in [-0.1, -0.05) is 19.1 Å². The molecule has 0 unspecified atom stereocenters. The molecule has 0 saturated carbocycles. The Balaban J connectivity index is 1.29. The smallest absolute Gasteiger partial charge is 0.194 e. The number of hydrogen-bond donors (Lipinski definition) is 1. The minimum absolute atomic E-state index is 0.183. The maximum Gasteiger partial charge on any atom is 0.194 e. The molecule has 3 aromatic rings. The fourth-order valence-electron chi connectivity index (χ4n) is 5.61. The second kappa shape index (κ2) is 9.13. The van der Waals surface area contributed by atoms with Crippen LogP contribution in [0.2, 0.25) is 0 Å². The van der Waals surface area contributed by atoms with Crippen LogP contribution in [0.15, 0.2) is 41.5 Å². The third kappa shape index (κ3) is 4.15. The molecule has 0 amide bonds. The van der Waals surface area contributed by atoms with Gasteiger partial charge in [-0.15, -0.1) is 0 Å². The fraction of sp³-hybridized carbons (Fsp3) is 0.393. The predicted octanol–water partition coefficient (Wildman–Crippen LogP) is 4.84. The Labute approximate surface area is 214 Å². The summed E-state index contributed by atoms with van der Waals surface area (Å²) in [6.07, 6.45) is 5.46. The number of aliphatic imine (C=N–C) groups is 1. The van der Waals surface area contributed by atoms with Gasteiger partial charge in [0, 0.05) is 25.3 Å². The number of halogens is 3. The van der Waals surface area contributed by atoms with E-state index in [2.05, 4.69) is 16.7 Å². The molecule has 0 aliphatic carbocycles. The summed E-state index contributed by atoms with van der Waals surface area (Å²) in [5.74, 6) is -2.21. The minimum Gasteiger partial charge on any atom is -0.355 e. The summed E-state index contributed by atoms with van der Waals surface area (Å²) in [5.41, 5.74) is 10.7. The van der Waals surface area contributed by atoms with E-state index in [1.807, 2.05) is 24.4 Å². The standard InChI is InChI=1S/C28H29F3N6/c1-28(16-32)7-10-36(11-8-28)24-15-33-26-22(35-24)14-34-27(26)37-9-3-5-19-18(4-2-6-23(19)37)17-12-20(29)25(31)21(30)13-17/h2,4,6,12-13,15H,3,5,7-11,14,16,32H2,1H3. The van der Waals surface area contributed by atoms with Crippen LogP contribution >= 0.6 is 0 Å². The molecule has 9 heteroatoms. The molecular formula is C28H29F3N6. The summed E-state index contributed by atoms with van der Waals surface area (Å²) in [6, 6.07) is 7.76. The van der Waals surface area contributed by atoms with Crippen LogP contribution in [0.4, 0.5) is 24.7 Å². The van der Waals surface area contributed by atoms with Gasteiger partial charge in [-0.3, -0.25) is 4.99 Å². The lowest BCUT2D eigenvalue weighted by molar-refractivity contribution is 0.258. The van der Waals surface area contributed by atoms with Crippen molar-refractivity contribution in [3.63, 3.8) is 0 Å². The first-order valence-electron chi connectivity index (χ1n) is 12.8. The number of nitrogens with two attached hydrogens (primary N) is 1. The second-order valence-corrected chi connectivity index (χ2v) is 10.5. The first kappa shape index (κ1) is 23.9. The molecule has 0 atom stereocenters. The van der Waals surface area contributed by atoms with Gasteiger partial charge in [-0.05, 0) is 72.5 Å². The Hall–Kier alpha value is -3.46. The fourth-order valence-corrected chi connectivity index (χ4v) is 5.61. The molecule has 3 aliphatic rings. The van der Waals surface area contributed by atoms with E-state index in [0.29, 0.717) is 24.2 Å². The SMILES string of the molecule is CC1(CN)CCN(c2cnc3c(n2)CN=C3N2CCCc3c(-c4cc(F)c(F)c(F)c4)cccc32)CC1. The topological polar surface area (TPSA) is 70.6 Å². The number of nitrogens with zero attached hydrogens (tertiary/aromatic N) is 5. The monoisotopic (exact) mass is 506 g/mol. The molecule has 0 bridgehead atoms. The Morgan fingerprint density at radius 3 is 2.54 bits per heavy atom. The van der Waals surface area contributed by atoms with Crippen LogP contribution in [0.25, 0.3) is 11.1 Å². The van der Waals surface area contributed by atoms with E-state index < -0.39 is 17.5 Å². The van der Waals surface area contributed by atoms with E-state index in [4.69, 9.17) is 20.7 Å². The molecule has 0 radical (unpaired) electrons. The first-order valence-corrected chi connectivity index (χ1v) is 12.8. The Morgan fingerprint density at radius 2 is 1.81 bits per heavy atom. The van der Waals surface area contributed by atoms with Gasteiger partial charge >= 0.3 is 0 Å². The Bertz CT molecular complexity index is 1370. The lowest BCUT2D eigenvalue weighted by Crippen LogP contribution is -2.42. The molecule has 0 spiro atoms. The summed E-state index contributed by atoms with van der Waals surface area (Å²) in [5, 5.41) is 0. The van der Waals surface area contributed by atoms with Gasteiger partial charge in [-0.25, -0.2) is 23.1 Å². The maximum atomic E-state index is 14.0. The quantitative estimate of drug-likeness (QED) is 0.515. The van der Waals surface area contributed by atoms with E-state index in [1.165, 1.54) is 0 Å². The largest absolute Gasteiger partial charge is 0.355 e. The molecule has 6 rings (SSSR count). The van der Waals surface area contributed by atoms with Gasteiger partial charge in [0.1, 0.15) is 11.5 Å². The van der Waals surface area contributed by atoms with Gasteiger partial charge < -0.3 is 15.5 Å². The third-order valence-corrected chi connectivity index (χ3v) is 8.01. The highest BCUT2D eigenvalue weighted by Crippen LogP contribution is 2.38. The second-order valence-electron chi connectivity index (χ2n) is 10.5. The van der Waals surface area contributed by atoms with Gasteiger partial charge in [0.05, 0.1) is 18.4 Å². The number of aromatic nitrogens is 2. The zero-order chi connectivity index (χ0) is 25.7. The number of hydrogen-bond acceptors (Lipinski definition) is 6. The zero-order valence-electron chi connectivity index (χ0n) is 20.8. The molecule has 6 nitrogen and oxygen atoms in total. The summed E-state index contributed by atoms with van der Waals surface area (Å²) in [6.45, 7) is 5.94. The van der Waals surface area contributed by atoms with Crippen molar-refractivity contribution in [2.24, 2.45) is 16.1 Å². The van der Waals surface area contributed by atoms with Crippen LogP contribution in [0, 0.1) is 22.9 Å². The Morgan fingerprint density at radius 1 is 1.05 bits per heavy atom. The molecule has 1 saturated heterocycles. The van der Waals surface area contributed by atoms with Gasteiger partial charge in [-0.2, -0.15) is 0 Å². The van der Waals surface area contributed by atoms with E-state index >= 15 is 0 Å². The van der Waals surface area contributed by atoms with E-state index in [9.17, 15) is 13.2 Å². The van der Waals surface area contributed by atoms with Crippen molar-refractivity contribution in [2.45, 2.75) is 39.2 Å². The van der Waals surface area contributed by atoms with Crippen LogP contribution < -0.4 is 15.5 Å². The summed E-state index contributed by atoms with van der Waals surface area (Å²) in [4.78, 5) is 18.9. The number of amidine groups is 1. The lowest BCUT2D eigenvalue weighted by atomic mass is 9.80. The minimum atomic E-state index is -1.46. The number of benzene rings is 2. The normalized spacial score (nSPS) is 18.5. The highest BCUT2D eigenvalue weighted by molar-refractivity contribution is 6.11. The van der Waals surface area contributed by atoms with Crippen molar-refractivity contribution in [1.82, 2.24) is 9.97 Å². The number of rotatable bonds is 3. The van der Waals surface area contributed by atoms with Crippen LogP contribution in [0.3, 0.4) is 0 Å². The molecule has 37 heavy (non-hydrogen) atoms. The molecule has 1 aromatic heterocycles. The van der Waals surface area contributed by atoms with Crippen molar-refractivity contribution in [2.75, 3.05) is 36.0 Å².